The van der Waals surface area contributed by atoms with Crippen molar-refractivity contribution in [3.8, 4) is 5.75 Å². The van der Waals surface area contributed by atoms with Crippen molar-refractivity contribution in [1.82, 2.24) is 14.5 Å². The zero-order chi connectivity index (χ0) is 31.1. The fraction of sp³-hybridized carbons (Fsp3) is 0.618. The summed E-state index contributed by atoms with van der Waals surface area (Å²) in [5.41, 5.74) is 2.74. The summed E-state index contributed by atoms with van der Waals surface area (Å²) in [7, 11) is -2.06. The number of ether oxygens (including phenoxy) is 3. The molecule has 1 N–H and O–H groups in total. The molecule has 3 aliphatic rings. The van der Waals surface area contributed by atoms with Crippen LogP contribution in [0.5, 0.6) is 5.75 Å². The molecular weight excluding hydrogens is 578 g/mol. The Morgan fingerprint density at radius 1 is 1.00 bits per heavy atom. The first-order valence-corrected chi connectivity index (χ1v) is 17.6. The molecule has 2 atom stereocenters. The van der Waals surface area contributed by atoms with E-state index in [9.17, 15) is 13.2 Å². The molecule has 2 unspecified atom stereocenters. The van der Waals surface area contributed by atoms with Crippen LogP contribution >= 0.6 is 0 Å². The third kappa shape index (κ3) is 8.01. The minimum atomic E-state index is -3.64. The van der Waals surface area contributed by atoms with Crippen molar-refractivity contribution >= 4 is 15.9 Å². The normalized spacial score (nSPS) is 24.5. The van der Waals surface area contributed by atoms with Gasteiger partial charge >= 0.3 is 0 Å². The van der Waals surface area contributed by atoms with E-state index in [1.807, 2.05) is 13.8 Å². The van der Waals surface area contributed by atoms with Crippen molar-refractivity contribution < 1.29 is 27.4 Å². The second-order valence-corrected chi connectivity index (χ2v) is 14.5. The highest BCUT2D eigenvalue weighted by Gasteiger charge is 2.35. The Labute approximate surface area is 263 Å². The number of morpholine rings is 1. The number of carbonyl (C=O) groups is 1. The fourth-order valence-corrected chi connectivity index (χ4v) is 9.37. The van der Waals surface area contributed by atoms with Gasteiger partial charge in [-0.15, -0.1) is 0 Å². The SMILES string of the molecule is COc1cc(C)c(S(=O)(=O)N2CCCC(COCC(=O)NC3CCC(C(c4ccccc4)N4CCOCC4)CC3)C2)c(C)c1. The van der Waals surface area contributed by atoms with Gasteiger partial charge in [0.1, 0.15) is 12.4 Å². The van der Waals surface area contributed by atoms with Gasteiger partial charge < -0.3 is 19.5 Å². The third-order valence-corrected chi connectivity index (χ3v) is 11.7. The van der Waals surface area contributed by atoms with Crippen LogP contribution in [0.1, 0.15) is 61.3 Å². The van der Waals surface area contributed by atoms with E-state index in [0.717, 1.165) is 64.8 Å². The lowest BCUT2D eigenvalue weighted by Crippen LogP contribution is -2.45. The van der Waals surface area contributed by atoms with Crippen LogP contribution in [0.4, 0.5) is 0 Å². The van der Waals surface area contributed by atoms with Gasteiger partial charge in [0.05, 0.1) is 31.8 Å². The Morgan fingerprint density at radius 2 is 1.68 bits per heavy atom. The molecule has 1 amide bonds. The quantitative estimate of drug-likeness (QED) is 0.393. The maximum atomic E-state index is 13.6. The van der Waals surface area contributed by atoms with Crippen molar-refractivity contribution in [2.45, 2.75) is 69.4 Å². The molecule has 5 rings (SSSR count). The van der Waals surface area contributed by atoms with Crippen molar-refractivity contribution in [1.29, 1.82) is 0 Å². The van der Waals surface area contributed by atoms with Crippen LogP contribution in [0.15, 0.2) is 47.4 Å². The number of methoxy groups -OCH3 is 1. The molecule has 9 nitrogen and oxygen atoms in total. The zero-order valence-electron chi connectivity index (χ0n) is 26.5. The molecule has 2 saturated heterocycles. The van der Waals surface area contributed by atoms with Crippen LogP contribution in [0.3, 0.4) is 0 Å². The Kier molecular flexibility index (Phi) is 11.4. The van der Waals surface area contributed by atoms with Crippen LogP contribution < -0.4 is 10.1 Å². The first-order valence-electron chi connectivity index (χ1n) is 16.2. The van der Waals surface area contributed by atoms with E-state index in [-0.39, 0.29) is 24.5 Å². The molecule has 0 radical (unpaired) electrons. The summed E-state index contributed by atoms with van der Waals surface area (Å²) >= 11 is 0. The summed E-state index contributed by atoms with van der Waals surface area (Å²) in [6.45, 7) is 8.35. The fourth-order valence-electron chi connectivity index (χ4n) is 7.40. The second-order valence-electron chi connectivity index (χ2n) is 12.7. The maximum absolute atomic E-state index is 13.6. The van der Waals surface area contributed by atoms with Gasteiger partial charge in [0.15, 0.2) is 0 Å². The minimum absolute atomic E-state index is 0.000291. The monoisotopic (exact) mass is 627 g/mol. The number of sulfonamides is 1. The number of benzene rings is 2. The predicted octanol–water partition coefficient (Wildman–Crippen LogP) is 4.48. The number of piperidine rings is 1. The number of aryl methyl sites for hydroxylation is 2. The number of carbonyl (C=O) groups excluding carboxylic acids is 1. The number of nitrogens with zero attached hydrogens (tertiary/aromatic N) is 2. The van der Waals surface area contributed by atoms with Crippen molar-refractivity contribution in [3.05, 3.63) is 59.2 Å². The van der Waals surface area contributed by atoms with Crippen LogP contribution in [0.2, 0.25) is 0 Å². The van der Waals surface area contributed by atoms with Crippen LogP contribution in [-0.2, 0) is 24.3 Å². The topological polar surface area (TPSA) is 97.4 Å². The molecule has 0 aromatic heterocycles. The highest BCUT2D eigenvalue weighted by molar-refractivity contribution is 7.89. The third-order valence-electron chi connectivity index (χ3n) is 9.50. The van der Waals surface area contributed by atoms with E-state index in [0.29, 0.717) is 53.4 Å². The first-order chi connectivity index (χ1) is 21.3. The van der Waals surface area contributed by atoms with Crippen molar-refractivity contribution in [2.24, 2.45) is 11.8 Å². The Hall–Kier alpha value is -2.50. The summed E-state index contributed by atoms with van der Waals surface area (Å²) in [6.07, 6.45) is 5.72. The summed E-state index contributed by atoms with van der Waals surface area (Å²) in [6, 6.07) is 14.9. The Bertz CT molecular complexity index is 1320. The van der Waals surface area contributed by atoms with E-state index >= 15 is 0 Å². The molecule has 1 saturated carbocycles. The highest BCUT2D eigenvalue weighted by Crippen LogP contribution is 2.39. The lowest BCUT2D eigenvalue weighted by atomic mass is 9.78. The van der Waals surface area contributed by atoms with Crippen LogP contribution in [0.25, 0.3) is 0 Å². The van der Waals surface area contributed by atoms with E-state index < -0.39 is 10.0 Å². The Balaban J connectivity index is 1.07. The van der Waals surface area contributed by atoms with Crippen molar-refractivity contribution in [3.63, 3.8) is 0 Å². The average molecular weight is 628 g/mol. The molecule has 2 aromatic carbocycles. The average Bonchev–Trinajstić information content (AvgIpc) is 3.03. The van der Waals surface area contributed by atoms with E-state index in [1.165, 1.54) is 5.56 Å². The lowest BCUT2D eigenvalue weighted by molar-refractivity contribution is -0.127. The van der Waals surface area contributed by atoms with Gasteiger partial charge in [-0.2, -0.15) is 4.31 Å². The molecule has 2 aromatic rings. The van der Waals surface area contributed by atoms with Gasteiger partial charge in [-0.05, 0) is 93.0 Å². The number of hydrogen-bond donors (Lipinski definition) is 1. The Morgan fingerprint density at radius 3 is 2.34 bits per heavy atom. The molecule has 0 bridgehead atoms. The van der Waals surface area contributed by atoms with Crippen LogP contribution in [0, 0.1) is 25.7 Å². The molecule has 10 heteroatoms. The summed E-state index contributed by atoms with van der Waals surface area (Å²) in [5.74, 6) is 1.16. The molecule has 242 valence electrons. The molecule has 3 fully saturated rings. The van der Waals surface area contributed by atoms with Gasteiger partial charge in [0.2, 0.25) is 15.9 Å². The number of amides is 1. The highest BCUT2D eigenvalue weighted by atomic mass is 32.2. The van der Waals surface area contributed by atoms with Gasteiger partial charge in [0.25, 0.3) is 0 Å². The smallest absolute Gasteiger partial charge is 0.246 e. The van der Waals surface area contributed by atoms with Crippen LogP contribution in [-0.4, -0.2) is 89.3 Å². The minimum Gasteiger partial charge on any atom is -0.497 e. The summed E-state index contributed by atoms with van der Waals surface area (Å²) in [5, 5.41) is 3.20. The first kappa shape index (κ1) is 32.9. The predicted molar refractivity (Wildman–Crippen MR) is 170 cm³/mol. The second kappa shape index (κ2) is 15.2. The lowest BCUT2D eigenvalue weighted by Gasteiger charge is -2.42. The molecule has 0 spiro atoms. The van der Waals surface area contributed by atoms with Crippen molar-refractivity contribution in [2.75, 3.05) is 59.7 Å². The van der Waals surface area contributed by atoms with Gasteiger partial charge in [0, 0.05) is 38.3 Å². The number of hydrogen-bond acceptors (Lipinski definition) is 7. The van der Waals surface area contributed by atoms with Gasteiger partial charge in [-0.25, -0.2) is 8.42 Å². The molecular formula is C34H49N3O6S. The zero-order valence-corrected chi connectivity index (χ0v) is 27.3. The maximum Gasteiger partial charge on any atom is 0.246 e. The number of rotatable bonds is 11. The van der Waals surface area contributed by atoms with Gasteiger partial charge in [-0.1, -0.05) is 30.3 Å². The van der Waals surface area contributed by atoms with E-state index in [1.54, 1.807) is 23.5 Å². The summed E-state index contributed by atoms with van der Waals surface area (Å²) < 4.78 is 45.5. The van der Waals surface area contributed by atoms with E-state index in [2.05, 4.69) is 40.5 Å². The molecule has 1 aliphatic carbocycles. The largest absolute Gasteiger partial charge is 0.497 e. The molecule has 2 aliphatic heterocycles. The molecule has 44 heavy (non-hydrogen) atoms. The molecule has 2 heterocycles. The van der Waals surface area contributed by atoms with Gasteiger partial charge in [-0.3, -0.25) is 9.69 Å². The van der Waals surface area contributed by atoms with E-state index in [4.69, 9.17) is 14.2 Å². The number of nitrogens with one attached hydrogen (secondary N) is 1. The summed E-state index contributed by atoms with van der Waals surface area (Å²) in [4.78, 5) is 15.7. The standard InChI is InChI=1S/C34H49N3O6S/c1-25-20-31(41-3)21-26(2)34(25)44(39,40)37-15-7-8-27(22-37)23-43-24-32(38)35-30-13-11-29(12-14-30)33(28-9-5-4-6-10-28)36-16-18-42-19-17-36/h4-6,9-10,20-21,27,29-30,33H,7-8,11-19,22-24H2,1-3H3,(H,35,38).